The molecule has 1 heterocycles. The molecule has 6 nitrogen and oxygen atoms in total. The molecule has 1 aliphatic heterocycles. The average Bonchev–Trinajstić information content (AvgIpc) is 3.12. The molecule has 0 aromatic heterocycles. The van der Waals surface area contributed by atoms with Crippen LogP contribution in [0.5, 0.6) is 28.7 Å². The van der Waals surface area contributed by atoms with E-state index in [-0.39, 0.29) is 12.6 Å². The van der Waals surface area contributed by atoms with Crippen molar-refractivity contribution in [3.8, 4) is 28.7 Å². The van der Waals surface area contributed by atoms with E-state index in [2.05, 4.69) is 0 Å². The third-order valence-electron chi connectivity index (χ3n) is 3.79. The molecule has 0 aliphatic carbocycles. The van der Waals surface area contributed by atoms with Crippen LogP contribution in [-0.4, -0.2) is 33.9 Å². The smallest absolute Gasteiger partial charge is 0.231 e. The van der Waals surface area contributed by atoms with Gasteiger partial charge in [0.05, 0.1) is 21.3 Å². The summed E-state index contributed by atoms with van der Waals surface area (Å²) in [6, 6.07) is 8.75. The molecule has 2 aromatic rings. The maximum Gasteiger partial charge on any atom is 0.231 e. The minimum Gasteiger partial charge on any atom is -0.496 e. The Morgan fingerprint density at radius 1 is 0.960 bits per heavy atom. The molecular formula is C19H18O6. The molecule has 130 valence electrons. The standard InChI is InChI=1S/C19H18O6/c1-21-13-9-17(22-2)19(18(10-13)23-3)14(20)6-4-12-5-7-15-16(8-12)25-11-24-15/h4-10H,11H2,1-3H3/b6-4+. The highest BCUT2D eigenvalue weighted by Gasteiger charge is 2.19. The van der Waals surface area contributed by atoms with Crippen LogP contribution < -0.4 is 23.7 Å². The lowest BCUT2D eigenvalue weighted by Crippen LogP contribution is -2.03. The number of allylic oxidation sites excluding steroid dienone is 1. The fourth-order valence-corrected chi connectivity index (χ4v) is 2.52. The Kier molecular flexibility index (Phi) is 4.79. The highest BCUT2D eigenvalue weighted by Crippen LogP contribution is 2.35. The maximum absolute atomic E-state index is 12.7. The lowest BCUT2D eigenvalue weighted by atomic mass is 10.1. The molecular weight excluding hydrogens is 324 g/mol. The molecule has 25 heavy (non-hydrogen) atoms. The Labute approximate surface area is 145 Å². The van der Waals surface area contributed by atoms with Crippen LogP contribution in [0.15, 0.2) is 36.4 Å². The summed E-state index contributed by atoms with van der Waals surface area (Å²) in [6.07, 6.45) is 3.16. The van der Waals surface area contributed by atoms with E-state index in [4.69, 9.17) is 23.7 Å². The number of hydrogen-bond acceptors (Lipinski definition) is 6. The van der Waals surface area contributed by atoms with Crippen molar-refractivity contribution in [2.24, 2.45) is 0 Å². The van der Waals surface area contributed by atoms with Crippen molar-refractivity contribution in [2.75, 3.05) is 28.1 Å². The van der Waals surface area contributed by atoms with E-state index in [1.54, 1.807) is 24.3 Å². The second-order valence-electron chi connectivity index (χ2n) is 5.22. The van der Waals surface area contributed by atoms with Gasteiger partial charge in [-0.25, -0.2) is 0 Å². The Morgan fingerprint density at radius 3 is 2.28 bits per heavy atom. The highest BCUT2D eigenvalue weighted by atomic mass is 16.7. The molecule has 0 saturated carbocycles. The first-order chi connectivity index (χ1) is 12.2. The molecule has 3 rings (SSSR count). The number of methoxy groups -OCH3 is 3. The fourth-order valence-electron chi connectivity index (χ4n) is 2.52. The molecule has 2 aromatic carbocycles. The van der Waals surface area contributed by atoms with Crippen molar-refractivity contribution in [1.29, 1.82) is 0 Å². The number of ketones is 1. The van der Waals surface area contributed by atoms with Crippen LogP contribution in [0.4, 0.5) is 0 Å². The Hall–Kier alpha value is -3.15. The predicted octanol–water partition coefficient (Wildman–Crippen LogP) is 3.34. The maximum atomic E-state index is 12.7. The van der Waals surface area contributed by atoms with Crippen LogP contribution in [-0.2, 0) is 0 Å². The van der Waals surface area contributed by atoms with Crippen LogP contribution in [0.2, 0.25) is 0 Å². The van der Waals surface area contributed by atoms with Gasteiger partial charge in [-0.1, -0.05) is 12.1 Å². The molecule has 0 unspecified atom stereocenters. The van der Waals surface area contributed by atoms with Crippen LogP contribution >= 0.6 is 0 Å². The van der Waals surface area contributed by atoms with Gasteiger partial charge in [-0.2, -0.15) is 0 Å². The van der Waals surface area contributed by atoms with Gasteiger partial charge in [-0.05, 0) is 23.8 Å². The second-order valence-corrected chi connectivity index (χ2v) is 5.22. The number of hydrogen-bond donors (Lipinski definition) is 0. The first-order valence-electron chi connectivity index (χ1n) is 7.58. The summed E-state index contributed by atoms with van der Waals surface area (Å²) in [6.45, 7) is 0.210. The van der Waals surface area contributed by atoms with E-state index in [0.29, 0.717) is 34.3 Å². The summed E-state index contributed by atoms with van der Waals surface area (Å²) < 4.78 is 26.4. The van der Waals surface area contributed by atoms with E-state index in [9.17, 15) is 4.79 Å². The zero-order valence-electron chi connectivity index (χ0n) is 14.2. The number of rotatable bonds is 6. The minimum absolute atomic E-state index is 0.210. The van der Waals surface area contributed by atoms with E-state index < -0.39 is 0 Å². The summed E-state index contributed by atoms with van der Waals surface area (Å²) in [5.41, 5.74) is 1.16. The average molecular weight is 342 g/mol. The normalized spacial score (nSPS) is 12.3. The van der Waals surface area contributed by atoms with Crippen LogP contribution in [0.25, 0.3) is 6.08 Å². The lowest BCUT2D eigenvalue weighted by Gasteiger charge is -2.13. The monoisotopic (exact) mass is 342 g/mol. The van der Waals surface area contributed by atoms with Gasteiger partial charge in [0, 0.05) is 12.1 Å². The van der Waals surface area contributed by atoms with Gasteiger partial charge in [0.15, 0.2) is 17.3 Å². The summed E-state index contributed by atoms with van der Waals surface area (Å²) in [4.78, 5) is 12.7. The molecule has 1 aliphatic rings. The number of ether oxygens (including phenoxy) is 5. The molecule has 0 amide bonds. The molecule has 6 heteroatoms. The number of carbonyl (C=O) groups is 1. The van der Waals surface area contributed by atoms with Gasteiger partial charge in [-0.3, -0.25) is 4.79 Å². The molecule has 0 N–H and O–H groups in total. The first-order valence-corrected chi connectivity index (χ1v) is 7.58. The highest BCUT2D eigenvalue weighted by molar-refractivity contribution is 6.10. The van der Waals surface area contributed by atoms with Gasteiger partial charge < -0.3 is 23.7 Å². The minimum atomic E-state index is -0.242. The van der Waals surface area contributed by atoms with Crippen LogP contribution in [0.3, 0.4) is 0 Å². The predicted molar refractivity (Wildman–Crippen MR) is 92.0 cm³/mol. The number of benzene rings is 2. The summed E-state index contributed by atoms with van der Waals surface area (Å²) in [5, 5.41) is 0. The topological polar surface area (TPSA) is 63.2 Å². The van der Waals surface area contributed by atoms with Crippen molar-refractivity contribution in [2.45, 2.75) is 0 Å². The van der Waals surface area contributed by atoms with Crippen LogP contribution in [0, 0.1) is 0 Å². The third-order valence-corrected chi connectivity index (χ3v) is 3.79. The molecule has 0 saturated heterocycles. The number of fused-ring (bicyclic) bond motifs is 1. The summed E-state index contributed by atoms with van der Waals surface area (Å²) >= 11 is 0. The van der Waals surface area contributed by atoms with Gasteiger partial charge >= 0.3 is 0 Å². The fraction of sp³-hybridized carbons (Fsp3) is 0.211. The van der Waals surface area contributed by atoms with Gasteiger partial charge in [0.1, 0.15) is 22.8 Å². The van der Waals surface area contributed by atoms with Crippen molar-refractivity contribution >= 4 is 11.9 Å². The Balaban J connectivity index is 1.90. The zero-order valence-corrected chi connectivity index (χ0v) is 14.2. The van der Waals surface area contributed by atoms with E-state index in [0.717, 1.165) is 5.56 Å². The summed E-state index contributed by atoms with van der Waals surface area (Å²) in [5.74, 6) is 2.43. The van der Waals surface area contributed by atoms with Crippen molar-refractivity contribution in [3.63, 3.8) is 0 Å². The van der Waals surface area contributed by atoms with Gasteiger partial charge in [0.25, 0.3) is 0 Å². The Morgan fingerprint density at radius 2 is 1.64 bits per heavy atom. The van der Waals surface area contributed by atoms with Crippen molar-refractivity contribution in [1.82, 2.24) is 0 Å². The van der Waals surface area contributed by atoms with Crippen molar-refractivity contribution in [3.05, 3.63) is 47.5 Å². The largest absolute Gasteiger partial charge is 0.496 e. The summed E-state index contributed by atoms with van der Waals surface area (Å²) in [7, 11) is 4.52. The van der Waals surface area contributed by atoms with Crippen molar-refractivity contribution < 1.29 is 28.5 Å². The van der Waals surface area contributed by atoms with Gasteiger partial charge in [0.2, 0.25) is 6.79 Å². The quantitative estimate of drug-likeness (QED) is 0.593. The molecule has 0 fully saturated rings. The first kappa shape index (κ1) is 16.7. The van der Waals surface area contributed by atoms with Gasteiger partial charge in [-0.15, -0.1) is 0 Å². The molecule has 0 radical (unpaired) electrons. The lowest BCUT2D eigenvalue weighted by molar-refractivity contribution is 0.104. The Bertz CT molecular complexity index is 800. The SMILES string of the molecule is COc1cc(OC)c(C(=O)/C=C/c2ccc3c(c2)OCO3)c(OC)c1. The molecule has 0 bridgehead atoms. The number of carbonyl (C=O) groups excluding carboxylic acids is 1. The third kappa shape index (κ3) is 3.38. The molecule has 0 spiro atoms. The van der Waals surface area contributed by atoms with Crippen LogP contribution in [0.1, 0.15) is 15.9 Å². The van der Waals surface area contributed by atoms with E-state index in [1.807, 2.05) is 12.1 Å². The molecule has 0 atom stereocenters. The van der Waals surface area contributed by atoms with E-state index in [1.165, 1.54) is 27.4 Å². The zero-order chi connectivity index (χ0) is 17.8. The second kappa shape index (κ2) is 7.17. The van der Waals surface area contributed by atoms with E-state index >= 15 is 0 Å².